The summed E-state index contributed by atoms with van der Waals surface area (Å²) in [5.41, 5.74) is 1.79. The van der Waals surface area contributed by atoms with Crippen LogP contribution in [-0.2, 0) is 11.2 Å². The smallest absolute Gasteiger partial charge is 0.279 e. The van der Waals surface area contributed by atoms with Gasteiger partial charge >= 0.3 is 0 Å². The van der Waals surface area contributed by atoms with Crippen LogP contribution in [0.2, 0.25) is 0 Å². The van der Waals surface area contributed by atoms with Gasteiger partial charge in [-0.25, -0.2) is 14.4 Å². The number of anilines is 2. The fourth-order valence-corrected chi connectivity index (χ4v) is 3.09. The summed E-state index contributed by atoms with van der Waals surface area (Å²) in [4.78, 5) is 24.5. The molecular weight excluding hydrogens is 333 g/mol. The predicted octanol–water partition coefficient (Wildman–Crippen LogP) is 0.912. The van der Waals surface area contributed by atoms with Gasteiger partial charge in [0.2, 0.25) is 5.95 Å². The quantitative estimate of drug-likeness (QED) is 0.806. The lowest BCUT2D eigenvalue weighted by atomic mass is 10.2. The maximum Gasteiger partial charge on any atom is 0.279 e. The number of rotatable bonds is 6. The first-order chi connectivity index (χ1) is 12.6. The maximum atomic E-state index is 12.9. The van der Waals surface area contributed by atoms with Gasteiger partial charge in [-0.05, 0) is 36.2 Å². The zero-order valence-electron chi connectivity index (χ0n) is 15.0. The standard InChI is InChI=1S/C19H24FN5O/c1-2-3-15-12-21-19(22-13-15)25-10-8-24(9-11-25)14-18(26)23-17-6-4-16(20)5-7-17/h4-7,12-13H,2-3,8-11,14H2,1H3,(H,23,26)/p+1. The van der Waals surface area contributed by atoms with E-state index in [1.165, 1.54) is 17.0 Å². The van der Waals surface area contributed by atoms with Crippen molar-refractivity contribution >= 4 is 17.5 Å². The Morgan fingerprint density at radius 3 is 2.46 bits per heavy atom. The molecule has 138 valence electrons. The van der Waals surface area contributed by atoms with Crippen LogP contribution in [0.3, 0.4) is 0 Å². The fraction of sp³-hybridized carbons (Fsp3) is 0.421. The van der Waals surface area contributed by atoms with Crippen molar-refractivity contribution in [1.82, 2.24) is 9.97 Å². The Morgan fingerprint density at radius 1 is 1.19 bits per heavy atom. The summed E-state index contributed by atoms with van der Waals surface area (Å²) < 4.78 is 12.9. The minimum absolute atomic E-state index is 0.0553. The molecule has 0 radical (unpaired) electrons. The number of quaternary nitrogens is 1. The zero-order chi connectivity index (χ0) is 18.4. The van der Waals surface area contributed by atoms with Crippen LogP contribution in [0.25, 0.3) is 0 Å². The number of hydrogen-bond acceptors (Lipinski definition) is 4. The molecule has 26 heavy (non-hydrogen) atoms. The Kier molecular flexibility index (Phi) is 6.12. The first-order valence-corrected chi connectivity index (χ1v) is 9.09. The summed E-state index contributed by atoms with van der Waals surface area (Å²) >= 11 is 0. The molecule has 0 atom stereocenters. The molecule has 1 aliphatic rings. The Labute approximate surface area is 153 Å². The summed E-state index contributed by atoms with van der Waals surface area (Å²) in [7, 11) is 0. The van der Waals surface area contributed by atoms with E-state index in [9.17, 15) is 9.18 Å². The van der Waals surface area contributed by atoms with Crippen LogP contribution in [-0.4, -0.2) is 48.6 Å². The molecular formula is C19H25FN5O+. The molecule has 2 N–H and O–H groups in total. The number of amides is 1. The van der Waals surface area contributed by atoms with Crippen molar-refractivity contribution in [3.05, 3.63) is 48.0 Å². The van der Waals surface area contributed by atoms with E-state index in [4.69, 9.17) is 0 Å². The van der Waals surface area contributed by atoms with Gasteiger partial charge in [-0.3, -0.25) is 4.79 Å². The van der Waals surface area contributed by atoms with E-state index in [0.29, 0.717) is 12.2 Å². The van der Waals surface area contributed by atoms with Gasteiger partial charge in [-0.1, -0.05) is 13.3 Å². The highest BCUT2D eigenvalue weighted by Gasteiger charge is 2.23. The third kappa shape index (κ3) is 4.98. The largest absolute Gasteiger partial charge is 0.330 e. The van der Waals surface area contributed by atoms with Gasteiger partial charge in [0.05, 0.1) is 26.2 Å². The minimum Gasteiger partial charge on any atom is -0.330 e. The van der Waals surface area contributed by atoms with E-state index in [-0.39, 0.29) is 11.7 Å². The third-order valence-corrected chi connectivity index (χ3v) is 4.52. The molecule has 0 saturated carbocycles. The Bertz CT molecular complexity index is 712. The predicted molar refractivity (Wildman–Crippen MR) is 98.8 cm³/mol. The second kappa shape index (κ2) is 8.71. The van der Waals surface area contributed by atoms with Gasteiger partial charge in [0.25, 0.3) is 5.91 Å². The molecule has 1 saturated heterocycles. The molecule has 0 spiro atoms. The van der Waals surface area contributed by atoms with Gasteiger partial charge in [0, 0.05) is 18.1 Å². The van der Waals surface area contributed by atoms with Gasteiger partial charge < -0.3 is 15.1 Å². The normalized spacial score (nSPS) is 15.1. The number of hydrogen-bond donors (Lipinski definition) is 2. The number of benzene rings is 1. The number of carbonyl (C=O) groups is 1. The number of aromatic nitrogens is 2. The number of carbonyl (C=O) groups excluding carboxylic acids is 1. The molecule has 1 aliphatic heterocycles. The van der Waals surface area contributed by atoms with Crippen molar-refractivity contribution in [3.8, 4) is 0 Å². The molecule has 3 rings (SSSR count). The molecule has 0 unspecified atom stereocenters. The summed E-state index contributed by atoms with van der Waals surface area (Å²) in [5.74, 6) is 0.398. The molecule has 1 aromatic heterocycles. The van der Waals surface area contributed by atoms with Crippen molar-refractivity contribution in [2.24, 2.45) is 0 Å². The van der Waals surface area contributed by atoms with Crippen LogP contribution in [0.5, 0.6) is 0 Å². The highest BCUT2D eigenvalue weighted by atomic mass is 19.1. The second-order valence-electron chi connectivity index (χ2n) is 6.61. The van der Waals surface area contributed by atoms with Crippen LogP contribution in [0.15, 0.2) is 36.7 Å². The highest BCUT2D eigenvalue weighted by Crippen LogP contribution is 2.09. The highest BCUT2D eigenvalue weighted by molar-refractivity contribution is 5.91. The van der Waals surface area contributed by atoms with Crippen LogP contribution in [0.1, 0.15) is 18.9 Å². The van der Waals surface area contributed by atoms with Crippen LogP contribution in [0.4, 0.5) is 16.0 Å². The van der Waals surface area contributed by atoms with Crippen LogP contribution >= 0.6 is 0 Å². The van der Waals surface area contributed by atoms with Gasteiger partial charge in [-0.2, -0.15) is 0 Å². The fourth-order valence-electron chi connectivity index (χ4n) is 3.09. The van der Waals surface area contributed by atoms with Crippen molar-refractivity contribution in [2.45, 2.75) is 19.8 Å². The molecule has 6 nitrogen and oxygen atoms in total. The summed E-state index contributed by atoms with van der Waals surface area (Å²) in [6.45, 7) is 5.91. The lowest BCUT2D eigenvalue weighted by Crippen LogP contribution is -3.15. The van der Waals surface area contributed by atoms with E-state index in [1.807, 2.05) is 12.4 Å². The van der Waals surface area contributed by atoms with Crippen molar-refractivity contribution < 1.29 is 14.1 Å². The first-order valence-electron chi connectivity index (χ1n) is 9.09. The first kappa shape index (κ1) is 18.3. The summed E-state index contributed by atoms with van der Waals surface area (Å²) in [6, 6.07) is 5.82. The average Bonchev–Trinajstić information content (AvgIpc) is 2.65. The molecule has 0 bridgehead atoms. The Hall–Kier alpha value is -2.54. The van der Waals surface area contributed by atoms with E-state index in [0.717, 1.165) is 50.5 Å². The molecule has 0 aliphatic carbocycles. The molecule has 2 aromatic rings. The zero-order valence-corrected chi connectivity index (χ0v) is 15.0. The van der Waals surface area contributed by atoms with Crippen molar-refractivity contribution in [2.75, 3.05) is 42.9 Å². The molecule has 1 amide bonds. The lowest BCUT2D eigenvalue weighted by molar-refractivity contribution is -0.892. The van der Waals surface area contributed by atoms with E-state index in [1.54, 1.807) is 12.1 Å². The molecule has 2 heterocycles. The van der Waals surface area contributed by atoms with E-state index >= 15 is 0 Å². The van der Waals surface area contributed by atoms with Gasteiger partial charge in [0.1, 0.15) is 5.82 Å². The average molecular weight is 358 g/mol. The molecule has 1 fully saturated rings. The number of halogens is 1. The number of aryl methyl sites for hydroxylation is 1. The van der Waals surface area contributed by atoms with E-state index in [2.05, 4.69) is 27.1 Å². The summed E-state index contributed by atoms with van der Waals surface area (Å²) in [6.07, 6.45) is 5.90. The van der Waals surface area contributed by atoms with Crippen LogP contribution < -0.4 is 15.1 Å². The number of nitrogens with one attached hydrogen (secondary N) is 2. The van der Waals surface area contributed by atoms with Crippen molar-refractivity contribution in [1.29, 1.82) is 0 Å². The third-order valence-electron chi connectivity index (χ3n) is 4.52. The SMILES string of the molecule is CCCc1cnc(N2CC[NH+](CC(=O)Nc3ccc(F)cc3)CC2)nc1. The monoisotopic (exact) mass is 358 g/mol. The Balaban J connectivity index is 1.45. The number of nitrogens with zero attached hydrogens (tertiary/aromatic N) is 3. The molecule has 7 heteroatoms. The maximum absolute atomic E-state index is 12.9. The number of piperazine rings is 1. The topological polar surface area (TPSA) is 62.6 Å². The summed E-state index contributed by atoms with van der Waals surface area (Å²) in [5, 5.41) is 2.81. The van der Waals surface area contributed by atoms with Gasteiger partial charge in [0.15, 0.2) is 6.54 Å². The lowest BCUT2D eigenvalue weighted by Gasteiger charge is -2.31. The Morgan fingerprint density at radius 2 is 1.85 bits per heavy atom. The molecule has 1 aromatic carbocycles. The second-order valence-corrected chi connectivity index (χ2v) is 6.61. The minimum atomic E-state index is -0.310. The van der Waals surface area contributed by atoms with Crippen molar-refractivity contribution in [3.63, 3.8) is 0 Å². The van der Waals surface area contributed by atoms with E-state index < -0.39 is 0 Å². The van der Waals surface area contributed by atoms with Gasteiger partial charge in [-0.15, -0.1) is 0 Å². The van der Waals surface area contributed by atoms with Crippen LogP contribution in [0, 0.1) is 5.82 Å².